The van der Waals surface area contributed by atoms with Gasteiger partial charge in [-0.2, -0.15) is 0 Å². The fourth-order valence-electron chi connectivity index (χ4n) is 6.74. The minimum atomic E-state index is 1.02. The van der Waals surface area contributed by atoms with Gasteiger partial charge in [0, 0.05) is 11.1 Å². The number of para-hydroxylation sites is 4. The van der Waals surface area contributed by atoms with Gasteiger partial charge < -0.3 is 0 Å². The SMILES string of the molecule is c1ccc(-c2cccc3c2sc2nc4ccccc4n23)c(-c2ccccc2-c2cccc3c2sc2nc4ccccc4n23)c1. The maximum Gasteiger partial charge on any atom is 0.195 e. The molecule has 44 heavy (non-hydrogen) atoms. The Hall–Kier alpha value is -5.30. The average Bonchev–Trinajstić information content (AvgIpc) is 3.82. The van der Waals surface area contributed by atoms with Crippen molar-refractivity contribution in [3.8, 4) is 33.4 Å². The predicted molar refractivity (Wildman–Crippen MR) is 186 cm³/mol. The van der Waals surface area contributed by atoms with Gasteiger partial charge in [-0.25, -0.2) is 9.97 Å². The number of hydrogen-bond donors (Lipinski definition) is 0. The van der Waals surface area contributed by atoms with Crippen LogP contribution in [-0.2, 0) is 0 Å². The molecule has 0 bridgehead atoms. The topological polar surface area (TPSA) is 34.6 Å². The van der Waals surface area contributed by atoms with E-state index in [2.05, 4.69) is 142 Å². The zero-order valence-electron chi connectivity index (χ0n) is 23.3. The zero-order valence-corrected chi connectivity index (χ0v) is 24.9. The summed E-state index contributed by atoms with van der Waals surface area (Å²) in [4.78, 5) is 12.0. The second-order valence-electron chi connectivity index (χ2n) is 11.0. The van der Waals surface area contributed by atoms with Gasteiger partial charge in [0.15, 0.2) is 9.92 Å². The first-order valence-electron chi connectivity index (χ1n) is 14.6. The first-order chi connectivity index (χ1) is 21.8. The number of imidazole rings is 2. The molecule has 4 nitrogen and oxygen atoms in total. The van der Waals surface area contributed by atoms with E-state index in [1.54, 1.807) is 22.7 Å². The molecule has 0 aliphatic carbocycles. The Morgan fingerprint density at radius 3 is 1.14 bits per heavy atom. The summed E-state index contributed by atoms with van der Waals surface area (Å²) < 4.78 is 7.10. The molecule has 0 amide bonds. The first kappa shape index (κ1) is 24.2. The van der Waals surface area contributed by atoms with Crippen LogP contribution in [0.4, 0.5) is 0 Å². The van der Waals surface area contributed by atoms with Gasteiger partial charge >= 0.3 is 0 Å². The quantitative estimate of drug-likeness (QED) is 0.203. The average molecular weight is 599 g/mol. The van der Waals surface area contributed by atoms with Gasteiger partial charge in [-0.15, -0.1) is 0 Å². The van der Waals surface area contributed by atoms with Crippen molar-refractivity contribution in [1.82, 2.24) is 18.8 Å². The van der Waals surface area contributed by atoms with Crippen molar-refractivity contribution in [2.75, 3.05) is 0 Å². The Labute approximate surface area is 259 Å². The van der Waals surface area contributed by atoms with Crippen LogP contribution in [0.1, 0.15) is 0 Å². The number of benzene rings is 6. The molecule has 0 unspecified atom stereocenters. The predicted octanol–water partition coefficient (Wildman–Crippen LogP) is 10.7. The minimum absolute atomic E-state index is 1.02. The van der Waals surface area contributed by atoms with Crippen molar-refractivity contribution in [3.63, 3.8) is 0 Å². The number of rotatable bonds is 3. The van der Waals surface area contributed by atoms with E-state index in [0.717, 1.165) is 32.0 Å². The minimum Gasteiger partial charge on any atom is -0.283 e. The Morgan fingerprint density at radius 2 is 0.682 bits per heavy atom. The Morgan fingerprint density at radius 1 is 0.341 bits per heavy atom. The van der Waals surface area contributed by atoms with Crippen LogP contribution in [-0.4, -0.2) is 18.8 Å². The molecule has 6 heteroatoms. The van der Waals surface area contributed by atoms with Crippen LogP contribution in [0.15, 0.2) is 133 Å². The second-order valence-corrected chi connectivity index (χ2v) is 13.0. The molecule has 0 saturated heterocycles. The third-order valence-corrected chi connectivity index (χ3v) is 10.8. The summed E-state index contributed by atoms with van der Waals surface area (Å²) in [6.45, 7) is 0. The standard InChI is InChI=1S/C38H22N4S2/c1-3-13-25(27-15-9-21-33-35(27)43-37-39-29-17-5-7-19-31(29)41(33)37)23(11-1)24-12-2-4-14-26(24)28-16-10-22-34-36(28)44-38-40-30-18-6-8-20-32(30)42(34)38/h1-22H. The van der Waals surface area contributed by atoms with Crippen molar-refractivity contribution in [2.24, 2.45) is 0 Å². The Kier molecular flexibility index (Phi) is 5.00. The molecular formula is C38H22N4S2. The molecule has 6 aromatic carbocycles. The van der Waals surface area contributed by atoms with Gasteiger partial charge in [-0.1, -0.05) is 120 Å². The summed E-state index contributed by atoms with van der Waals surface area (Å²) in [6, 6.07) is 47.7. The first-order valence-corrected chi connectivity index (χ1v) is 16.2. The van der Waals surface area contributed by atoms with Gasteiger partial charge in [-0.3, -0.25) is 8.80 Å². The molecule has 0 saturated carbocycles. The second kappa shape index (κ2) is 9.10. The number of thiazole rings is 2. The molecule has 0 spiro atoms. The molecule has 0 aliphatic rings. The number of fused-ring (bicyclic) bond motifs is 10. The summed E-state index contributed by atoms with van der Waals surface area (Å²) >= 11 is 3.53. The zero-order chi connectivity index (χ0) is 28.8. The van der Waals surface area contributed by atoms with E-state index >= 15 is 0 Å². The van der Waals surface area contributed by atoms with Crippen LogP contribution in [0.5, 0.6) is 0 Å². The molecule has 206 valence electrons. The van der Waals surface area contributed by atoms with Crippen LogP contribution in [0.25, 0.3) is 85.8 Å². The van der Waals surface area contributed by atoms with Gasteiger partial charge in [0.25, 0.3) is 0 Å². The highest BCUT2D eigenvalue weighted by molar-refractivity contribution is 7.24. The van der Waals surface area contributed by atoms with E-state index in [-0.39, 0.29) is 0 Å². The highest BCUT2D eigenvalue weighted by Gasteiger charge is 2.20. The van der Waals surface area contributed by atoms with Crippen LogP contribution >= 0.6 is 22.7 Å². The molecule has 0 N–H and O–H groups in total. The summed E-state index contributed by atoms with van der Waals surface area (Å²) in [5.74, 6) is 0. The largest absolute Gasteiger partial charge is 0.283 e. The van der Waals surface area contributed by atoms with E-state index < -0.39 is 0 Å². The van der Waals surface area contributed by atoms with Gasteiger partial charge in [-0.05, 0) is 58.7 Å². The molecule has 0 atom stereocenters. The maximum atomic E-state index is 4.96. The van der Waals surface area contributed by atoms with Crippen LogP contribution in [0.3, 0.4) is 0 Å². The van der Waals surface area contributed by atoms with Crippen molar-refractivity contribution < 1.29 is 0 Å². The lowest BCUT2D eigenvalue weighted by Gasteiger charge is -2.15. The lowest BCUT2D eigenvalue weighted by molar-refractivity contribution is 1.34. The van der Waals surface area contributed by atoms with Crippen LogP contribution < -0.4 is 0 Å². The summed E-state index contributed by atoms with van der Waals surface area (Å²) in [7, 11) is 0. The fraction of sp³-hybridized carbons (Fsp3) is 0. The lowest BCUT2D eigenvalue weighted by atomic mass is 9.89. The third kappa shape index (κ3) is 3.32. The smallest absolute Gasteiger partial charge is 0.195 e. The number of aromatic nitrogens is 4. The Balaban J connectivity index is 1.21. The van der Waals surface area contributed by atoms with Crippen molar-refractivity contribution >= 4 is 75.1 Å². The summed E-state index contributed by atoms with van der Waals surface area (Å²) in [6.07, 6.45) is 0. The molecule has 10 rings (SSSR count). The fourth-order valence-corrected chi connectivity index (χ4v) is 9.07. The highest BCUT2D eigenvalue weighted by Crippen LogP contribution is 2.45. The molecule has 4 aromatic heterocycles. The normalized spacial score (nSPS) is 12.1. The van der Waals surface area contributed by atoms with Crippen molar-refractivity contribution in [1.29, 1.82) is 0 Å². The van der Waals surface area contributed by atoms with E-state index in [1.165, 1.54) is 53.8 Å². The van der Waals surface area contributed by atoms with E-state index in [9.17, 15) is 0 Å². The summed E-state index contributed by atoms with van der Waals surface area (Å²) in [5.41, 5.74) is 14.1. The molecule has 0 radical (unpaired) electrons. The van der Waals surface area contributed by atoms with E-state index in [4.69, 9.17) is 9.97 Å². The van der Waals surface area contributed by atoms with Gasteiger partial charge in [0.1, 0.15) is 0 Å². The Bertz CT molecular complexity index is 2550. The molecule has 0 fully saturated rings. The van der Waals surface area contributed by atoms with Crippen molar-refractivity contribution in [2.45, 2.75) is 0 Å². The molecular weight excluding hydrogens is 577 g/mol. The number of nitrogens with zero attached hydrogens (tertiary/aromatic N) is 4. The maximum absolute atomic E-state index is 4.96. The monoisotopic (exact) mass is 598 g/mol. The highest BCUT2D eigenvalue weighted by atomic mass is 32.1. The van der Waals surface area contributed by atoms with E-state index in [0.29, 0.717) is 0 Å². The number of hydrogen-bond acceptors (Lipinski definition) is 4. The van der Waals surface area contributed by atoms with Gasteiger partial charge in [0.2, 0.25) is 0 Å². The van der Waals surface area contributed by atoms with E-state index in [1.807, 2.05) is 0 Å². The van der Waals surface area contributed by atoms with Crippen molar-refractivity contribution in [3.05, 3.63) is 133 Å². The molecule has 10 aromatic rings. The van der Waals surface area contributed by atoms with Crippen LogP contribution in [0.2, 0.25) is 0 Å². The third-order valence-electron chi connectivity index (χ3n) is 8.64. The summed E-state index contributed by atoms with van der Waals surface area (Å²) in [5, 5.41) is 0. The van der Waals surface area contributed by atoms with Gasteiger partial charge in [0.05, 0.1) is 42.5 Å². The molecule has 4 heterocycles. The van der Waals surface area contributed by atoms with Crippen LogP contribution in [0, 0.1) is 0 Å². The lowest BCUT2D eigenvalue weighted by Crippen LogP contribution is -1.90. The molecule has 0 aliphatic heterocycles.